The van der Waals surface area contributed by atoms with Crippen molar-refractivity contribution in [2.75, 3.05) is 13.1 Å². The second-order valence-corrected chi connectivity index (χ2v) is 8.79. The molecule has 0 saturated carbocycles. The molecule has 1 aliphatic rings. The van der Waals surface area contributed by atoms with Crippen molar-refractivity contribution in [3.8, 4) is 0 Å². The third kappa shape index (κ3) is 5.31. The zero-order valence-corrected chi connectivity index (χ0v) is 19.1. The van der Waals surface area contributed by atoms with Crippen molar-refractivity contribution in [2.24, 2.45) is 0 Å². The minimum atomic E-state index is 0.168. The van der Waals surface area contributed by atoms with Crippen LogP contribution >= 0.6 is 11.6 Å². The van der Waals surface area contributed by atoms with Crippen LogP contribution in [0.15, 0.2) is 36.4 Å². The predicted molar refractivity (Wildman–Crippen MR) is 121 cm³/mol. The summed E-state index contributed by atoms with van der Waals surface area (Å²) in [7, 11) is 0. The minimum absolute atomic E-state index is 0.168. The van der Waals surface area contributed by atoms with Crippen LogP contribution in [0.3, 0.4) is 0 Å². The van der Waals surface area contributed by atoms with Gasteiger partial charge in [-0.3, -0.25) is 9.78 Å². The van der Waals surface area contributed by atoms with Gasteiger partial charge < -0.3 is 4.90 Å². The van der Waals surface area contributed by atoms with E-state index in [1.807, 2.05) is 48.6 Å². The standard InChI is InChI=1S/C24H28ClN5O/c1-16-11-20(12-19-5-4-6-22(25)13-19)14-23(26-16)21-7-9-29(15-21)24(31)8-10-30-18(3)27-17(2)28-30/h4-6,11,13-14,21H,7-10,12,15H2,1-3H3/t21-/m0/s1. The number of halogens is 1. The van der Waals surface area contributed by atoms with Crippen molar-refractivity contribution in [2.45, 2.75) is 52.5 Å². The monoisotopic (exact) mass is 437 g/mol. The number of carbonyl (C=O) groups is 1. The molecule has 0 spiro atoms. The van der Waals surface area contributed by atoms with Crippen LogP contribution in [0, 0.1) is 20.8 Å². The van der Waals surface area contributed by atoms with E-state index in [-0.39, 0.29) is 11.8 Å². The molecule has 2 aromatic heterocycles. The molecule has 0 aliphatic carbocycles. The second-order valence-electron chi connectivity index (χ2n) is 8.35. The van der Waals surface area contributed by atoms with Crippen LogP contribution < -0.4 is 0 Å². The highest BCUT2D eigenvalue weighted by atomic mass is 35.5. The maximum absolute atomic E-state index is 12.8. The molecule has 3 heterocycles. The van der Waals surface area contributed by atoms with Gasteiger partial charge in [-0.1, -0.05) is 23.7 Å². The van der Waals surface area contributed by atoms with E-state index >= 15 is 0 Å². The van der Waals surface area contributed by atoms with Gasteiger partial charge in [-0.25, -0.2) is 9.67 Å². The number of likely N-dealkylation sites (tertiary alicyclic amines) is 1. The number of hydrogen-bond acceptors (Lipinski definition) is 4. The molecule has 0 radical (unpaired) electrons. The molecule has 0 unspecified atom stereocenters. The number of aromatic nitrogens is 4. The quantitative estimate of drug-likeness (QED) is 0.578. The van der Waals surface area contributed by atoms with Crippen LogP contribution in [0.25, 0.3) is 0 Å². The smallest absolute Gasteiger partial charge is 0.224 e. The van der Waals surface area contributed by atoms with Crippen molar-refractivity contribution in [1.82, 2.24) is 24.6 Å². The minimum Gasteiger partial charge on any atom is -0.342 e. The maximum atomic E-state index is 12.8. The van der Waals surface area contributed by atoms with Crippen molar-refractivity contribution >= 4 is 17.5 Å². The fourth-order valence-corrected chi connectivity index (χ4v) is 4.54. The van der Waals surface area contributed by atoms with Gasteiger partial charge in [0.1, 0.15) is 11.6 Å². The van der Waals surface area contributed by atoms with Crippen LogP contribution in [0.5, 0.6) is 0 Å². The van der Waals surface area contributed by atoms with Gasteiger partial charge in [0.25, 0.3) is 0 Å². The lowest BCUT2D eigenvalue weighted by Crippen LogP contribution is -2.29. The molecule has 162 valence electrons. The Balaban J connectivity index is 1.39. The molecule has 1 atom stereocenters. The Morgan fingerprint density at radius 1 is 1.13 bits per heavy atom. The average molecular weight is 438 g/mol. The zero-order valence-electron chi connectivity index (χ0n) is 18.3. The highest BCUT2D eigenvalue weighted by Gasteiger charge is 2.28. The summed E-state index contributed by atoms with van der Waals surface area (Å²) in [5.41, 5.74) is 4.50. The highest BCUT2D eigenvalue weighted by molar-refractivity contribution is 6.30. The lowest BCUT2D eigenvalue weighted by atomic mass is 9.98. The highest BCUT2D eigenvalue weighted by Crippen LogP contribution is 2.28. The maximum Gasteiger partial charge on any atom is 0.224 e. The first kappa shape index (κ1) is 21.5. The van der Waals surface area contributed by atoms with E-state index in [2.05, 4.69) is 28.3 Å². The van der Waals surface area contributed by atoms with E-state index in [0.717, 1.165) is 54.0 Å². The van der Waals surface area contributed by atoms with E-state index in [1.54, 1.807) is 0 Å². The summed E-state index contributed by atoms with van der Waals surface area (Å²) >= 11 is 6.14. The molecule has 0 bridgehead atoms. The van der Waals surface area contributed by atoms with Crippen molar-refractivity contribution < 1.29 is 4.79 Å². The van der Waals surface area contributed by atoms with E-state index in [1.165, 1.54) is 11.1 Å². The van der Waals surface area contributed by atoms with Gasteiger partial charge >= 0.3 is 0 Å². The molecule has 1 fully saturated rings. The molecule has 31 heavy (non-hydrogen) atoms. The molecule has 6 nitrogen and oxygen atoms in total. The topological polar surface area (TPSA) is 63.9 Å². The number of carbonyl (C=O) groups excluding carboxylic acids is 1. The molecule has 4 rings (SSSR count). The summed E-state index contributed by atoms with van der Waals surface area (Å²) in [6, 6.07) is 12.3. The molecule has 1 aromatic carbocycles. The molecule has 0 N–H and O–H groups in total. The SMILES string of the molecule is Cc1cc(Cc2cccc(Cl)c2)cc([C@H]2CCN(C(=O)CCn3nc(C)nc3C)C2)n1. The molecule has 3 aromatic rings. The van der Waals surface area contributed by atoms with Crippen LogP contribution in [0.2, 0.25) is 5.02 Å². The first-order valence-corrected chi connectivity index (χ1v) is 11.1. The number of pyridine rings is 1. The van der Waals surface area contributed by atoms with E-state index < -0.39 is 0 Å². The van der Waals surface area contributed by atoms with Gasteiger partial charge in [0.2, 0.25) is 5.91 Å². The zero-order chi connectivity index (χ0) is 22.0. The van der Waals surface area contributed by atoms with E-state index in [4.69, 9.17) is 16.6 Å². The number of amides is 1. The lowest BCUT2D eigenvalue weighted by molar-refractivity contribution is -0.130. The Kier molecular flexibility index (Phi) is 6.37. The van der Waals surface area contributed by atoms with Crippen LogP contribution in [0.4, 0.5) is 0 Å². The van der Waals surface area contributed by atoms with Crippen molar-refractivity contribution in [3.05, 3.63) is 75.6 Å². The molecule has 1 amide bonds. The molecule has 1 aliphatic heterocycles. The number of nitrogens with zero attached hydrogens (tertiary/aromatic N) is 5. The van der Waals surface area contributed by atoms with Crippen molar-refractivity contribution in [1.29, 1.82) is 0 Å². The second kappa shape index (κ2) is 9.18. The summed E-state index contributed by atoms with van der Waals surface area (Å²) in [6.07, 6.45) is 2.21. The van der Waals surface area contributed by atoms with Crippen LogP contribution in [-0.2, 0) is 17.8 Å². The number of aryl methyl sites for hydroxylation is 4. The summed E-state index contributed by atoms with van der Waals surface area (Å²) in [5, 5.41) is 5.10. The van der Waals surface area contributed by atoms with Gasteiger partial charge in [0.05, 0.1) is 6.54 Å². The van der Waals surface area contributed by atoms with E-state index in [9.17, 15) is 4.79 Å². The number of benzene rings is 1. The van der Waals surface area contributed by atoms with Gasteiger partial charge in [-0.15, -0.1) is 0 Å². The molecule has 1 saturated heterocycles. The van der Waals surface area contributed by atoms with Crippen LogP contribution in [0.1, 0.15) is 52.9 Å². The first-order chi connectivity index (χ1) is 14.9. The largest absolute Gasteiger partial charge is 0.342 e. The van der Waals surface area contributed by atoms with Gasteiger partial charge in [-0.05, 0) is 69.0 Å². The third-order valence-electron chi connectivity index (χ3n) is 5.79. The van der Waals surface area contributed by atoms with Gasteiger partial charge in [-0.2, -0.15) is 5.10 Å². The lowest BCUT2D eigenvalue weighted by Gasteiger charge is -2.17. The molecular formula is C24H28ClN5O. The summed E-state index contributed by atoms with van der Waals surface area (Å²) in [4.78, 5) is 23.8. The summed E-state index contributed by atoms with van der Waals surface area (Å²) < 4.78 is 1.81. The fourth-order valence-electron chi connectivity index (χ4n) is 4.32. The fraction of sp³-hybridized carbons (Fsp3) is 0.417. The number of hydrogen-bond donors (Lipinski definition) is 0. The van der Waals surface area contributed by atoms with Crippen LogP contribution in [-0.4, -0.2) is 43.6 Å². The number of rotatable bonds is 6. The average Bonchev–Trinajstić information content (AvgIpc) is 3.32. The molecule has 7 heteroatoms. The third-order valence-corrected chi connectivity index (χ3v) is 6.02. The summed E-state index contributed by atoms with van der Waals surface area (Å²) in [5.74, 6) is 2.03. The Labute approximate surface area is 188 Å². The Morgan fingerprint density at radius 2 is 1.97 bits per heavy atom. The van der Waals surface area contributed by atoms with Crippen molar-refractivity contribution in [3.63, 3.8) is 0 Å². The van der Waals surface area contributed by atoms with Gasteiger partial charge in [0, 0.05) is 41.8 Å². The van der Waals surface area contributed by atoms with E-state index in [0.29, 0.717) is 13.0 Å². The van der Waals surface area contributed by atoms with Gasteiger partial charge in [0.15, 0.2) is 0 Å². The first-order valence-electron chi connectivity index (χ1n) is 10.7. The Hall–Kier alpha value is -2.73. The summed E-state index contributed by atoms with van der Waals surface area (Å²) in [6.45, 7) is 7.89. The Morgan fingerprint density at radius 3 is 2.71 bits per heavy atom. The normalized spacial score (nSPS) is 16.1. The molecular weight excluding hydrogens is 410 g/mol. The Bertz CT molecular complexity index is 1090. The predicted octanol–water partition coefficient (Wildman–Crippen LogP) is 4.25.